The molecule has 25 heavy (non-hydrogen) atoms. The van der Waals surface area contributed by atoms with Crippen LogP contribution in [-0.2, 0) is 23.8 Å². The quantitative estimate of drug-likeness (QED) is 0.692. The number of esters is 2. The van der Waals surface area contributed by atoms with Gasteiger partial charge in [-0.2, -0.15) is 0 Å². The fraction of sp³-hybridized carbons (Fsp3) is 0.900. The summed E-state index contributed by atoms with van der Waals surface area (Å²) >= 11 is 0. The summed E-state index contributed by atoms with van der Waals surface area (Å²) < 4.78 is 17.5. The van der Waals surface area contributed by atoms with Gasteiger partial charge in [0.1, 0.15) is 11.2 Å². The molecule has 5 heteroatoms. The van der Waals surface area contributed by atoms with Gasteiger partial charge in [-0.1, -0.05) is 27.7 Å². The first kappa shape index (κ1) is 21.9. The Bertz CT molecular complexity index is 512. The van der Waals surface area contributed by atoms with Crippen molar-refractivity contribution in [2.75, 3.05) is 0 Å². The van der Waals surface area contributed by atoms with Gasteiger partial charge in [0.25, 0.3) is 0 Å². The van der Waals surface area contributed by atoms with Gasteiger partial charge in [-0.25, -0.2) is 9.59 Å². The van der Waals surface area contributed by atoms with Crippen LogP contribution in [0.5, 0.6) is 0 Å². The van der Waals surface area contributed by atoms with E-state index in [0.717, 1.165) is 0 Å². The Balaban J connectivity index is 3.40. The Morgan fingerprint density at radius 2 is 0.880 bits per heavy atom. The third-order valence-corrected chi connectivity index (χ3v) is 5.93. The van der Waals surface area contributed by atoms with Gasteiger partial charge in [-0.3, -0.25) is 0 Å². The lowest BCUT2D eigenvalue weighted by Gasteiger charge is -2.44. The zero-order valence-corrected chi connectivity index (χ0v) is 18.0. The Morgan fingerprint density at radius 3 is 1.08 bits per heavy atom. The van der Waals surface area contributed by atoms with E-state index in [1.807, 2.05) is 69.2 Å². The molecule has 2 atom stereocenters. The summed E-state index contributed by atoms with van der Waals surface area (Å²) in [5.74, 6) is -0.935. The van der Waals surface area contributed by atoms with Crippen LogP contribution in [0.2, 0.25) is 0 Å². The highest BCUT2D eigenvalue weighted by atomic mass is 16.6. The van der Waals surface area contributed by atoms with E-state index in [4.69, 9.17) is 14.2 Å². The van der Waals surface area contributed by atoms with Crippen molar-refractivity contribution in [3.8, 4) is 0 Å². The largest absolute Gasteiger partial charge is 0.458 e. The molecule has 0 bridgehead atoms. The fourth-order valence-corrected chi connectivity index (χ4v) is 3.20. The number of rotatable bonds is 2. The lowest BCUT2D eigenvalue weighted by Crippen LogP contribution is -2.54. The van der Waals surface area contributed by atoms with Crippen molar-refractivity contribution in [1.29, 1.82) is 0 Å². The van der Waals surface area contributed by atoms with Gasteiger partial charge < -0.3 is 14.2 Å². The number of hydrogen-bond acceptors (Lipinski definition) is 5. The monoisotopic (exact) mass is 356 g/mol. The molecule has 0 spiro atoms. The third kappa shape index (κ3) is 3.44. The molecule has 0 amide bonds. The van der Waals surface area contributed by atoms with Crippen LogP contribution in [0.25, 0.3) is 0 Å². The molecule has 0 aromatic carbocycles. The first-order valence-corrected chi connectivity index (χ1v) is 8.88. The smallest absolute Gasteiger partial charge is 0.339 e. The molecule has 2 unspecified atom stereocenters. The van der Waals surface area contributed by atoms with Gasteiger partial charge in [-0.05, 0) is 55.4 Å². The maximum atomic E-state index is 13.0. The molecule has 146 valence electrons. The zero-order valence-electron chi connectivity index (χ0n) is 18.0. The average molecular weight is 357 g/mol. The number of hydrogen-bond donors (Lipinski definition) is 0. The molecule has 0 N–H and O–H groups in total. The van der Waals surface area contributed by atoms with Crippen molar-refractivity contribution in [3.05, 3.63) is 0 Å². The summed E-state index contributed by atoms with van der Waals surface area (Å²) in [7, 11) is 0. The fourth-order valence-electron chi connectivity index (χ4n) is 3.20. The number of ether oxygens (including phenoxy) is 3. The highest BCUT2D eigenvalue weighted by Crippen LogP contribution is 2.63. The summed E-state index contributed by atoms with van der Waals surface area (Å²) in [6.07, 6.45) is 0. The molecule has 0 aromatic heterocycles. The van der Waals surface area contributed by atoms with Crippen molar-refractivity contribution in [2.24, 2.45) is 10.8 Å². The Morgan fingerprint density at radius 1 is 0.640 bits per heavy atom. The SMILES string of the molecule is CC(C)(C)OC(=O)C1(C)OC(C)(C(=O)OC(C)(C)C)C(C)(C)C1(C)C. The van der Waals surface area contributed by atoms with E-state index in [9.17, 15) is 9.59 Å². The molecule has 1 saturated heterocycles. The van der Waals surface area contributed by atoms with E-state index in [0.29, 0.717) is 0 Å². The standard InChI is InChI=1S/C20H36O5/c1-15(2,3)23-13(21)19(11)17(7,8)18(9,10)20(12,25-19)14(22)24-16(4,5)6/h1-12H3. The first-order chi connectivity index (χ1) is 10.7. The molecule has 1 rings (SSSR count). The summed E-state index contributed by atoms with van der Waals surface area (Å²) in [5, 5.41) is 0. The summed E-state index contributed by atoms with van der Waals surface area (Å²) in [5.41, 5.74) is -5.20. The topological polar surface area (TPSA) is 61.8 Å². The molecule has 0 aromatic rings. The first-order valence-electron chi connectivity index (χ1n) is 8.88. The molecule has 1 aliphatic rings. The van der Waals surface area contributed by atoms with Crippen LogP contribution in [0, 0.1) is 10.8 Å². The third-order valence-electron chi connectivity index (χ3n) is 5.93. The lowest BCUT2D eigenvalue weighted by molar-refractivity contribution is -0.207. The van der Waals surface area contributed by atoms with Gasteiger partial charge in [0, 0.05) is 10.8 Å². The summed E-state index contributed by atoms with van der Waals surface area (Å²) in [6.45, 7) is 22.0. The highest BCUT2D eigenvalue weighted by molar-refractivity contribution is 5.87. The van der Waals surface area contributed by atoms with E-state index < -0.39 is 45.2 Å². The Hall–Kier alpha value is -1.10. The Labute approximate surface area is 152 Å². The van der Waals surface area contributed by atoms with Crippen molar-refractivity contribution in [2.45, 2.75) is 105 Å². The van der Waals surface area contributed by atoms with Crippen LogP contribution in [0.1, 0.15) is 83.1 Å². The van der Waals surface area contributed by atoms with E-state index in [1.54, 1.807) is 13.8 Å². The number of carbonyl (C=O) groups is 2. The van der Waals surface area contributed by atoms with Gasteiger partial charge in [-0.15, -0.1) is 0 Å². The van der Waals surface area contributed by atoms with Crippen molar-refractivity contribution >= 4 is 11.9 Å². The van der Waals surface area contributed by atoms with Crippen LogP contribution in [0.3, 0.4) is 0 Å². The molecule has 1 fully saturated rings. The average Bonchev–Trinajstić information content (AvgIpc) is 2.43. The van der Waals surface area contributed by atoms with Crippen LogP contribution in [-0.4, -0.2) is 34.3 Å². The van der Waals surface area contributed by atoms with E-state index in [1.165, 1.54) is 0 Å². The molecule has 0 radical (unpaired) electrons. The second-order valence-corrected chi connectivity index (χ2v) is 10.4. The predicted molar refractivity (Wildman–Crippen MR) is 97.1 cm³/mol. The summed E-state index contributed by atoms with van der Waals surface area (Å²) in [6, 6.07) is 0. The minimum absolute atomic E-state index is 0.467. The maximum Gasteiger partial charge on any atom is 0.339 e. The molecular formula is C20H36O5. The van der Waals surface area contributed by atoms with E-state index in [-0.39, 0.29) is 0 Å². The molecule has 5 nitrogen and oxygen atoms in total. The molecule has 0 saturated carbocycles. The van der Waals surface area contributed by atoms with Crippen LogP contribution in [0.4, 0.5) is 0 Å². The van der Waals surface area contributed by atoms with E-state index >= 15 is 0 Å². The maximum absolute atomic E-state index is 13.0. The van der Waals surface area contributed by atoms with Crippen molar-refractivity contribution in [3.63, 3.8) is 0 Å². The van der Waals surface area contributed by atoms with Crippen LogP contribution < -0.4 is 0 Å². The van der Waals surface area contributed by atoms with Crippen LogP contribution in [0.15, 0.2) is 0 Å². The second kappa shape index (κ2) is 5.70. The lowest BCUT2D eigenvalue weighted by atomic mass is 9.56. The second-order valence-electron chi connectivity index (χ2n) is 10.4. The van der Waals surface area contributed by atoms with Crippen molar-refractivity contribution in [1.82, 2.24) is 0 Å². The Kier molecular flexibility index (Phi) is 5.00. The van der Waals surface area contributed by atoms with Gasteiger partial charge in [0.2, 0.25) is 0 Å². The predicted octanol–water partition coefficient (Wildman–Crippen LogP) is 4.27. The molecular weight excluding hydrogens is 320 g/mol. The molecule has 1 aliphatic heterocycles. The van der Waals surface area contributed by atoms with E-state index in [2.05, 4.69) is 0 Å². The van der Waals surface area contributed by atoms with Gasteiger partial charge in [0.05, 0.1) is 0 Å². The summed E-state index contributed by atoms with van der Waals surface area (Å²) in [4.78, 5) is 26.0. The molecule has 0 aliphatic carbocycles. The zero-order chi connectivity index (χ0) is 20.3. The number of carbonyl (C=O) groups excluding carboxylic acids is 2. The van der Waals surface area contributed by atoms with Gasteiger partial charge in [0.15, 0.2) is 11.2 Å². The van der Waals surface area contributed by atoms with Crippen LogP contribution >= 0.6 is 0 Å². The minimum Gasteiger partial charge on any atom is -0.458 e. The normalized spacial score (nSPS) is 31.5. The van der Waals surface area contributed by atoms with Gasteiger partial charge >= 0.3 is 11.9 Å². The molecule has 1 heterocycles. The minimum atomic E-state index is -1.28. The van der Waals surface area contributed by atoms with Crippen molar-refractivity contribution < 1.29 is 23.8 Å². The highest BCUT2D eigenvalue weighted by Gasteiger charge is 2.74.